The third-order valence-corrected chi connectivity index (χ3v) is 10.9. The number of aryl methyl sites for hydroxylation is 1. The van der Waals surface area contributed by atoms with E-state index in [1.807, 2.05) is 102 Å². The Bertz CT molecular complexity index is 1900. The number of ether oxygens (including phenoxy) is 2. The predicted molar refractivity (Wildman–Crippen MR) is 195 cm³/mol. The summed E-state index contributed by atoms with van der Waals surface area (Å²) < 4.78 is 46.3. The molecule has 1 unspecified atom stereocenters. The molecular formula is C36H42BBrClNO7S. The van der Waals surface area contributed by atoms with Crippen LogP contribution in [0.4, 0.5) is 0 Å². The highest BCUT2D eigenvalue weighted by Crippen LogP contribution is 2.37. The van der Waals surface area contributed by atoms with Crippen molar-refractivity contribution in [3.05, 3.63) is 100 Å². The van der Waals surface area contributed by atoms with E-state index >= 15 is 0 Å². The summed E-state index contributed by atoms with van der Waals surface area (Å²) in [4.78, 5) is 12.2. The first-order chi connectivity index (χ1) is 22.3. The zero-order valence-electron chi connectivity index (χ0n) is 28.5. The molecule has 0 amide bonds. The number of fused-ring (bicyclic) bond motifs is 2. The molecule has 12 heteroatoms. The van der Waals surface area contributed by atoms with Crippen LogP contribution in [0.2, 0.25) is 0 Å². The molecule has 1 fully saturated rings. The summed E-state index contributed by atoms with van der Waals surface area (Å²) in [7, 11) is 2.70. The number of carbonyl (C=O) groups excluding carboxylic acids is 1. The smallest absolute Gasteiger partial charge is 0.491 e. The number of carbonyl (C=O) groups is 1. The lowest BCUT2D eigenvalue weighted by molar-refractivity contribution is -0.146. The molecule has 0 saturated carbocycles. The summed E-state index contributed by atoms with van der Waals surface area (Å²) in [5.74, 6) is 0.644. The van der Waals surface area contributed by atoms with Crippen molar-refractivity contribution < 1.29 is 32.0 Å². The zero-order chi connectivity index (χ0) is 35.7. The van der Waals surface area contributed by atoms with Crippen LogP contribution in [0, 0.1) is 6.92 Å². The molecule has 8 nitrogen and oxygen atoms in total. The number of hydrogen-bond donors (Lipinski definition) is 1. The van der Waals surface area contributed by atoms with Crippen LogP contribution in [0.5, 0.6) is 5.75 Å². The van der Waals surface area contributed by atoms with Gasteiger partial charge in [0.05, 0.1) is 34.7 Å². The number of benzene rings is 4. The van der Waals surface area contributed by atoms with Crippen molar-refractivity contribution in [1.29, 1.82) is 0 Å². The van der Waals surface area contributed by atoms with Crippen molar-refractivity contribution in [2.24, 2.45) is 5.73 Å². The van der Waals surface area contributed by atoms with Crippen molar-refractivity contribution in [2.45, 2.75) is 76.0 Å². The van der Waals surface area contributed by atoms with E-state index in [4.69, 9.17) is 35.2 Å². The van der Waals surface area contributed by atoms with Gasteiger partial charge in [-0.25, -0.2) is 8.42 Å². The van der Waals surface area contributed by atoms with E-state index < -0.39 is 21.6 Å². The Kier molecular flexibility index (Phi) is 11.5. The van der Waals surface area contributed by atoms with Crippen LogP contribution in [-0.4, -0.2) is 46.4 Å². The van der Waals surface area contributed by atoms with Gasteiger partial charge in [0.25, 0.3) is 9.05 Å². The second-order valence-corrected chi connectivity index (χ2v) is 16.7. The SMILES string of the molecule is COC(=O)C(C)(C)c1cccc(B2OC(C)(C)C(C)(C)O2)c1.Cc1ccc2ccccc2c1S(=O)(=O)Cl.NC1COc2cc(Br)ccc21. The molecular weight excluding hydrogens is 717 g/mol. The van der Waals surface area contributed by atoms with Gasteiger partial charge in [-0.15, -0.1) is 0 Å². The summed E-state index contributed by atoms with van der Waals surface area (Å²) in [6, 6.07) is 24.7. The van der Waals surface area contributed by atoms with Gasteiger partial charge in [0, 0.05) is 26.1 Å². The molecule has 48 heavy (non-hydrogen) atoms. The first kappa shape index (κ1) is 37.9. The van der Waals surface area contributed by atoms with Crippen LogP contribution >= 0.6 is 26.6 Å². The van der Waals surface area contributed by atoms with Gasteiger partial charge in [0.2, 0.25) is 0 Å². The minimum Gasteiger partial charge on any atom is -0.491 e. The van der Waals surface area contributed by atoms with E-state index in [-0.39, 0.29) is 28.1 Å². The Hall–Kier alpha value is -2.93. The third kappa shape index (κ3) is 8.26. The maximum atomic E-state index is 12.0. The van der Waals surface area contributed by atoms with Crippen molar-refractivity contribution in [3.8, 4) is 5.75 Å². The molecule has 2 heterocycles. The van der Waals surface area contributed by atoms with Gasteiger partial charge in [-0.2, -0.15) is 0 Å². The molecule has 256 valence electrons. The molecule has 0 aliphatic carbocycles. The Balaban J connectivity index is 0.000000173. The number of halogens is 2. The van der Waals surface area contributed by atoms with Crippen LogP contribution < -0.4 is 15.9 Å². The Morgan fingerprint density at radius 2 is 1.62 bits per heavy atom. The summed E-state index contributed by atoms with van der Waals surface area (Å²) in [5, 5.41) is 1.55. The van der Waals surface area contributed by atoms with Crippen molar-refractivity contribution in [3.63, 3.8) is 0 Å². The highest BCUT2D eigenvalue weighted by Gasteiger charge is 2.51. The lowest BCUT2D eigenvalue weighted by atomic mass is 9.75. The molecule has 4 aromatic rings. The summed E-state index contributed by atoms with van der Waals surface area (Å²) in [6.07, 6.45) is 0. The van der Waals surface area contributed by atoms with Gasteiger partial charge in [-0.05, 0) is 82.6 Å². The number of hydrogen-bond acceptors (Lipinski definition) is 8. The Morgan fingerprint density at radius 1 is 0.979 bits per heavy atom. The molecule has 2 aliphatic heterocycles. The van der Waals surface area contributed by atoms with E-state index in [1.54, 1.807) is 25.1 Å². The molecule has 1 atom stereocenters. The molecule has 0 radical (unpaired) electrons. The molecule has 2 aliphatic rings. The van der Waals surface area contributed by atoms with Gasteiger partial charge >= 0.3 is 13.1 Å². The van der Waals surface area contributed by atoms with E-state index in [0.29, 0.717) is 17.6 Å². The molecule has 1 saturated heterocycles. The molecule has 6 rings (SSSR count). The fourth-order valence-electron chi connectivity index (χ4n) is 5.31. The minimum absolute atomic E-state index is 0.0538. The van der Waals surface area contributed by atoms with Gasteiger partial charge in [-0.1, -0.05) is 82.7 Å². The second-order valence-electron chi connectivity index (χ2n) is 13.3. The van der Waals surface area contributed by atoms with E-state index in [9.17, 15) is 13.2 Å². The number of methoxy groups -OCH3 is 1. The van der Waals surface area contributed by atoms with Gasteiger partial charge in [0.15, 0.2) is 0 Å². The first-order valence-corrected chi connectivity index (χ1v) is 18.5. The minimum atomic E-state index is -3.69. The van der Waals surface area contributed by atoms with Crippen LogP contribution in [0.1, 0.15) is 64.3 Å². The van der Waals surface area contributed by atoms with E-state index in [0.717, 1.165) is 32.2 Å². The molecule has 2 N–H and O–H groups in total. The lowest BCUT2D eigenvalue weighted by Gasteiger charge is -2.32. The maximum absolute atomic E-state index is 12.0. The largest absolute Gasteiger partial charge is 0.494 e. The van der Waals surface area contributed by atoms with E-state index in [1.165, 1.54) is 7.11 Å². The van der Waals surface area contributed by atoms with Crippen LogP contribution in [0.3, 0.4) is 0 Å². The Labute approximate surface area is 296 Å². The highest BCUT2D eigenvalue weighted by molar-refractivity contribution is 9.10. The molecule has 0 bridgehead atoms. The fourth-order valence-corrected chi connectivity index (χ4v) is 7.17. The lowest BCUT2D eigenvalue weighted by Crippen LogP contribution is -2.41. The predicted octanol–water partition coefficient (Wildman–Crippen LogP) is 7.35. The quantitative estimate of drug-likeness (QED) is 0.131. The topological polar surface area (TPSA) is 114 Å². The normalized spacial score (nSPS) is 17.7. The van der Waals surface area contributed by atoms with E-state index in [2.05, 4.69) is 15.9 Å². The van der Waals surface area contributed by atoms with Gasteiger partial charge in [-0.3, -0.25) is 4.79 Å². The van der Waals surface area contributed by atoms with Crippen molar-refractivity contribution in [2.75, 3.05) is 13.7 Å². The fraction of sp³-hybridized carbons (Fsp3) is 0.361. The standard InChI is InChI=1S/C17H25BO4.C11H9ClO2S.C8H8BrNO/c1-15(2,14(19)20-7)12-9-8-10-13(11-12)18-21-16(3,4)17(5,6)22-18;1-8-6-7-9-4-2-3-5-10(9)11(8)15(12,13)14;9-5-1-2-6-7(10)4-11-8(6)3-5/h8-11H,1-7H3;2-7H,1H3;1-3,7H,4,10H2. The maximum Gasteiger partial charge on any atom is 0.494 e. The summed E-state index contributed by atoms with van der Waals surface area (Å²) in [5.41, 5.74) is 7.84. The average molecular weight is 759 g/mol. The Morgan fingerprint density at radius 3 is 2.25 bits per heavy atom. The van der Waals surface area contributed by atoms with Crippen molar-refractivity contribution >= 4 is 65.0 Å². The molecule has 0 aromatic heterocycles. The average Bonchev–Trinajstić information content (AvgIpc) is 3.49. The molecule has 0 spiro atoms. The first-order valence-electron chi connectivity index (χ1n) is 15.4. The second kappa shape index (κ2) is 14.5. The number of nitrogens with two attached hydrogens (primary N) is 1. The third-order valence-electron chi connectivity index (χ3n) is 8.94. The highest BCUT2D eigenvalue weighted by atomic mass is 79.9. The van der Waals surface area contributed by atoms with Gasteiger partial charge < -0.3 is 24.5 Å². The van der Waals surface area contributed by atoms with Gasteiger partial charge in [0.1, 0.15) is 12.4 Å². The zero-order valence-corrected chi connectivity index (χ0v) is 31.6. The van der Waals surface area contributed by atoms with Crippen molar-refractivity contribution in [1.82, 2.24) is 0 Å². The number of rotatable bonds is 4. The summed E-state index contributed by atoms with van der Waals surface area (Å²) >= 11 is 3.36. The number of esters is 1. The monoisotopic (exact) mass is 757 g/mol. The summed E-state index contributed by atoms with van der Waals surface area (Å²) in [6.45, 7) is 14.1. The van der Waals surface area contributed by atoms with Crippen LogP contribution in [0.15, 0.2) is 88.2 Å². The molecule has 4 aromatic carbocycles. The van der Waals surface area contributed by atoms with Crippen LogP contribution in [0.25, 0.3) is 10.8 Å². The van der Waals surface area contributed by atoms with Crippen LogP contribution in [-0.2, 0) is 33.3 Å².